The van der Waals surface area contributed by atoms with Crippen LogP contribution in [0.2, 0.25) is 0 Å². The van der Waals surface area contributed by atoms with Gasteiger partial charge in [0.1, 0.15) is 5.82 Å². The van der Waals surface area contributed by atoms with Crippen molar-refractivity contribution < 1.29 is 0 Å². The number of piperidine rings is 1. The average Bonchev–Trinajstić information content (AvgIpc) is 2.69. The lowest BCUT2D eigenvalue weighted by Crippen LogP contribution is -2.47. The molecule has 2 aliphatic rings. The van der Waals surface area contributed by atoms with Gasteiger partial charge in [-0.2, -0.15) is 0 Å². The Morgan fingerprint density at radius 1 is 0.720 bits per heavy atom. The van der Waals surface area contributed by atoms with Crippen molar-refractivity contribution >= 4 is 17.5 Å². The van der Waals surface area contributed by atoms with Crippen LogP contribution in [0.25, 0.3) is 0 Å². The summed E-state index contributed by atoms with van der Waals surface area (Å²) in [6, 6.07) is 8.37. The fourth-order valence-corrected chi connectivity index (χ4v) is 3.73. The second-order valence-electron chi connectivity index (χ2n) is 6.92. The van der Waals surface area contributed by atoms with Gasteiger partial charge in [-0.25, -0.2) is 4.98 Å². The Hall–Kier alpha value is -2.37. The molecule has 0 radical (unpaired) electrons. The first-order valence-electron chi connectivity index (χ1n) is 9.31. The molecule has 2 fully saturated rings. The number of aromatic nitrogens is 3. The van der Waals surface area contributed by atoms with E-state index >= 15 is 0 Å². The number of rotatable bonds is 3. The van der Waals surface area contributed by atoms with E-state index in [2.05, 4.69) is 55.0 Å². The standard InChI is InChI=1S/C19H26N6/c1-16-6-5-9-20-19(16)25-14-12-24(13-15-25)18-8-7-17(21-22-18)23-10-3-2-4-11-23/h5-9H,2-4,10-15H2,1H3. The SMILES string of the molecule is Cc1cccnc1N1CCN(c2ccc(N3CCCCC3)nn2)CC1. The minimum Gasteiger partial charge on any atom is -0.355 e. The number of nitrogens with zero attached hydrogens (tertiary/aromatic N) is 6. The maximum absolute atomic E-state index is 4.54. The largest absolute Gasteiger partial charge is 0.355 e. The van der Waals surface area contributed by atoms with Crippen molar-refractivity contribution in [3.8, 4) is 0 Å². The van der Waals surface area contributed by atoms with Crippen LogP contribution in [0.1, 0.15) is 24.8 Å². The molecular formula is C19H26N6. The summed E-state index contributed by atoms with van der Waals surface area (Å²) in [6.07, 6.45) is 5.73. The lowest BCUT2D eigenvalue weighted by Gasteiger charge is -2.36. The molecule has 0 N–H and O–H groups in total. The van der Waals surface area contributed by atoms with Crippen molar-refractivity contribution in [1.29, 1.82) is 0 Å². The molecule has 6 nitrogen and oxygen atoms in total. The molecule has 0 amide bonds. The molecule has 2 saturated heterocycles. The normalized spacial score (nSPS) is 18.5. The van der Waals surface area contributed by atoms with Crippen molar-refractivity contribution in [1.82, 2.24) is 15.2 Å². The first-order valence-corrected chi connectivity index (χ1v) is 9.31. The summed E-state index contributed by atoms with van der Waals surface area (Å²) >= 11 is 0. The van der Waals surface area contributed by atoms with Crippen LogP contribution in [-0.2, 0) is 0 Å². The maximum Gasteiger partial charge on any atom is 0.151 e. The lowest BCUT2D eigenvalue weighted by atomic mass is 10.1. The molecule has 2 aromatic heterocycles. The second-order valence-corrected chi connectivity index (χ2v) is 6.92. The average molecular weight is 338 g/mol. The molecule has 0 spiro atoms. The van der Waals surface area contributed by atoms with Gasteiger partial charge in [-0.1, -0.05) is 6.07 Å². The summed E-state index contributed by atoms with van der Waals surface area (Å²) in [5, 5.41) is 8.97. The van der Waals surface area contributed by atoms with Crippen LogP contribution >= 0.6 is 0 Å². The van der Waals surface area contributed by atoms with Gasteiger partial charge in [0.25, 0.3) is 0 Å². The van der Waals surface area contributed by atoms with E-state index in [1.54, 1.807) is 0 Å². The van der Waals surface area contributed by atoms with Gasteiger partial charge in [0.15, 0.2) is 11.6 Å². The zero-order chi connectivity index (χ0) is 17.1. The number of anilines is 3. The summed E-state index contributed by atoms with van der Waals surface area (Å²) < 4.78 is 0. The molecule has 0 saturated carbocycles. The smallest absolute Gasteiger partial charge is 0.151 e. The van der Waals surface area contributed by atoms with Crippen LogP contribution in [0.5, 0.6) is 0 Å². The Labute approximate surface area is 149 Å². The van der Waals surface area contributed by atoms with Gasteiger partial charge >= 0.3 is 0 Å². The van der Waals surface area contributed by atoms with E-state index < -0.39 is 0 Å². The molecule has 0 bridgehead atoms. The Balaban J connectivity index is 1.38. The number of aryl methyl sites for hydroxylation is 1. The first-order chi connectivity index (χ1) is 12.3. The lowest BCUT2D eigenvalue weighted by molar-refractivity contribution is 0.570. The summed E-state index contributed by atoms with van der Waals surface area (Å²) in [5.74, 6) is 3.11. The van der Waals surface area contributed by atoms with Crippen LogP contribution in [0.3, 0.4) is 0 Å². The number of hydrogen-bond acceptors (Lipinski definition) is 6. The zero-order valence-electron chi connectivity index (χ0n) is 14.9. The molecule has 0 atom stereocenters. The Morgan fingerprint density at radius 2 is 1.32 bits per heavy atom. The van der Waals surface area contributed by atoms with Crippen LogP contribution in [-0.4, -0.2) is 54.4 Å². The van der Waals surface area contributed by atoms with E-state index in [1.807, 2.05) is 12.3 Å². The van der Waals surface area contributed by atoms with Crippen molar-refractivity contribution in [2.75, 3.05) is 54.0 Å². The predicted molar refractivity (Wildman–Crippen MR) is 101 cm³/mol. The maximum atomic E-state index is 4.54. The number of pyridine rings is 1. The van der Waals surface area contributed by atoms with Crippen molar-refractivity contribution in [3.05, 3.63) is 36.0 Å². The molecule has 6 heteroatoms. The molecule has 25 heavy (non-hydrogen) atoms. The molecule has 4 rings (SSSR count). The quantitative estimate of drug-likeness (QED) is 0.857. The fraction of sp³-hybridized carbons (Fsp3) is 0.526. The summed E-state index contributed by atoms with van der Waals surface area (Å²) in [4.78, 5) is 11.6. The highest BCUT2D eigenvalue weighted by molar-refractivity contribution is 5.50. The van der Waals surface area contributed by atoms with Crippen molar-refractivity contribution in [3.63, 3.8) is 0 Å². The van der Waals surface area contributed by atoms with Gasteiger partial charge < -0.3 is 14.7 Å². The van der Waals surface area contributed by atoms with Crippen LogP contribution < -0.4 is 14.7 Å². The predicted octanol–water partition coefficient (Wildman–Crippen LogP) is 2.50. The molecule has 132 valence electrons. The van der Waals surface area contributed by atoms with Gasteiger partial charge in [-0.3, -0.25) is 0 Å². The van der Waals surface area contributed by atoms with Gasteiger partial charge in [0.2, 0.25) is 0 Å². The van der Waals surface area contributed by atoms with Crippen LogP contribution in [0.4, 0.5) is 17.5 Å². The van der Waals surface area contributed by atoms with E-state index in [0.29, 0.717) is 0 Å². The molecule has 2 aromatic rings. The zero-order valence-corrected chi connectivity index (χ0v) is 14.9. The molecule has 0 unspecified atom stereocenters. The molecule has 0 aromatic carbocycles. The fourth-order valence-electron chi connectivity index (χ4n) is 3.73. The Morgan fingerprint density at radius 3 is 1.92 bits per heavy atom. The highest BCUT2D eigenvalue weighted by Gasteiger charge is 2.21. The van der Waals surface area contributed by atoms with E-state index in [-0.39, 0.29) is 0 Å². The van der Waals surface area contributed by atoms with Crippen LogP contribution in [0.15, 0.2) is 30.5 Å². The molecule has 2 aliphatic heterocycles. The monoisotopic (exact) mass is 338 g/mol. The molecule has 0 aliphatic carbocycles. The summed E-state index contributed by atoms with van der Waals surface area (Å²) in [5.41, 5.74) is 1.24. The third-order valence-electron chi connectivity index (χ3n) is 5.20. The van der Waals surface area contributed by atoms with Crippen molar-refractivity contribution in [2.45, 2.75) is 26.2 Å². The van der Waals surface area contributed by atoms with Gasteiger partial charge in [0, 0.05) is 45.5 Å². The third kappa shape index (κ3) is 3.52. The van der Waals surface area contributed by atoms with E-state index in [4.69, 9.17) is 0 Å². The topological polar surface area (TPSA) is 48.4 Å². The minimum absolute atomic E-state index is 0.952. The number of hydrogen-bond donors (Lipinski definition) is 0. The van der Waals surface area contributed by atoms with E-state index in [1.165, 1.54) is 24.8 Å². The molecule has 4 heterocycles. The van der Waals surface area contributed by atoms with Gasteiger partial charge in [-0.15, -0.1) is 10.2 Å². The Kier molecular flexibility index (Phi) is 4.68. The third-order valence-corrected chi connectivity index (χ3v) is 5.20. The van der Waals surface area contributed by atoms with Gasteiger partial charge in [0.05, 0.1) is 0 Å². The second kappa shape index (κ2) is 7.25. The summed E-state index contributed by atoms with van der Waals surface area (Å²) in [6.45, 7) is 8.17. The first kappa shape index (κ1) is 16.1. The summed E-state index contributed by atoms with van der Waals surface area (Å²) in [7, 11) is 0. The van der Waals surface area contributed by atoms with Crippen molar-refractivity contribution in [2.24, 2.45) is 0 Å². The van der Waals surface area contributed by atoms with Gasteiger partial charge in [-0.05, 0) is 49.9 Å². The van der Waals surface area contributed by atoms with E-state index in [9.17, 15) is 0 Å². The Bertz CT molecular complexity index is 687. The molecular weight excluding hydrogens is 312 g/mol. The highest BCUT2D eigenvalue weighted by atomic mass is 15.3. The van der Waals surface area contributed by atoms with E-state index in [0.717, 1.165) is 56.7 Å². The highest BCUT2D eigenvalue weighted by Crippen LogP contribution is 2.22. The van der Waals surface area contributed by atoms with Crippen LogP contribution in [0, 0.1) is 6.92 Å². The number of piperazine rings is 1. The minimum atomic E-state index is 0.952.